The SMILES string of the molecule is CC(C)(Oc1ccc(Cl)cc1)C(=O)Nc1ccccc1C(=O)NCc1cccnc1. The number of pyridine rings is 1. The number of carbonyl (C=O) groups excluding carboxylic acids is 2. The molecule has 0 aliphatic carbocycles. The minimum absolute atomic E-state index is 0.300. The molecule has 2 N–H and O–H groups in total. The van der Waals surface area contributed by atoms with Crippen molar-refractivity contribution in [3.63, 3.8) is 0 Å². The number of ether oxygens (including phenoxy) is 1. The number of carbonyl (C=O) groups is 2. The lowest BCUT2D eigenvalue weighted by Crippen LogP contribution is -2.43. The lowest BCUT2D eigenvalue weighted by Gasteiger charge is -2.26. The summed E-state index contributed by atoms with van der Waals surface area (Å²) in [4.78, 5) is 29.6. The van der Waals surface area contributed by atoms with Crippen LogP contribution in [0, 0.1) is 0 Å². The average molecular weight is 424 g/mol. The molecule has 1 aromatic heterocycles. The van der Waals surface area contributed by atoms with Crippen LogP contribution in [0.15, 0.2) is 73.1 Å². The van der Waals surface area contributed by atoms with Crippen LogP contribution in [-0.4, -0.2) is 22.4 Å². The summed E-state index contributed by atoms with van der Waals surface area (Å²) in [6.45, 7) is 3.64. The number of hydrogen-bond donors (Lipinski definition) is 2. The van der Waals surface area contributed by atoms with Crippen LogP contribution in [0.3, 0.4) is 0 Å². The van der Waals surface area contributed by atoms with Crippen molar-refractivity contribution in [2.75, 3.05) is 5.32 Å². The van der Waals surface area contributed by atoms with Gasteiger partial charge in [-0.15, -0.1) is 0 Å². The summed E-state index contributed by atoms with van der Waals surface area (Å²) >= 11 is 5.89. The number of amides is 2. The summed E-state index contributed by atoms with van der Waals surface area (Å²) in [5.74, 6) is -0.168. The summed E-state index contributed by atoms with van der Waals surface area (Å²) in [6, 6.07) is 17.3. The highest BCUT2D eigenvalue weighted by Crippen LogP contribution is 2.23. The van der Waals surface area contributed by atoms with Crippen LogP contribution < -0.4 is 15.4 Å². The molecule has 3 rings (SSSR count). The van der Waals surface area contributed by atoms with E-state index in [4.69, 9.17) is 16.3 Å². The zero-order valence-corrected chi connectivity index (χ0v) is 17.4. The molecule has 0 fully saturated rings. The van der Waals surface area contributed by atoms with Gasteiger partial charge in [-0.3, -0.25) is 14.6 Å². The Kier molecular flexibility index (Phi) is 6.69. The minimum Gasteiger partial charge on any atom is -0.478 e. The van der Waals surface area contributed by atoms with Gasteiger partial charge < -0.3 is 15.4 Å². The first kappa shape index (κ1) is 21.3. The molecule has 0 saturated heterocycles. The molecule has 7 heteroatoms. The standard InChI is InChI=1S/C23H22ClN3O3/c1-23(2,30-18-11-9-17(24)10-12-18)22(29)27-20-8-4-3-7-19(20)21(28)26-15-16-6-5-13-25-14-16/h3-14H,15H2,1-2H3,(H,26,28)(H,27,29). The average Bonchev–Trinajstić information content (AvgIpc) is 2.74. The van der Waals surface area contributed by atoms with Crippen molar-refractivity contribution >= 4 is 29.1 Å². The summed E-state index contributed by atoms with van der Waals surface area (Å²) < 4.78 is 5.82. The molecule has 0 aliphatic rings. The third-order valence-corrected chi connectivity index (χ3v) is 4.58. The van der Waals surface area contributed by atoms with Crippen molar-refractivity contribution in [2.24, 2.45) is 0 Å². The Bertz CT molecular complexity index is 1020. The van der Waals surface area contributed by atoms with Gasteiger partial charge in [0, 0.05) is 24.0 Å². The number of rotatable bonds is 7. The molecule has 6 nitrogen and oxygen atoms in total. The normalized spacial score (nSPS) is 10.9. The predicted molar refractivity (Wildman–Crippen MR) is 117 cm³/mol. The van der Waals surface area contributed by atoms with Crippen LogP contribution in [0.5, 0.6) is 5.75 Å². The maximum Gasteiger partial charge on any atom is 0.267 e. The Labute approximate surface area is 180 Å². The van der Waals surface area contributed by atoms with E-state index >= 15 is 0 Å². The molecular formula is C23H22ClN3O3. The van der Waals surface area contributed by atoms with E-state index in [1.54, 1.807) is 80.8 Å². The molecule has 30 heavy (non-hydrogen) atoms. The van der Waals surface area contributed by atoms with Gasteiger partial charge in [0.05, 0.1) is 11.3 Å². The second-order valence-corrected chi connectivity index (χ2v) is 7.55. The van der Waals surface area contributed by atoms with Crippen LogP contribution in [0.2, 0.25) is 5.02 Å². The molecule has 0 aliphatic heterocycles. The number of anilines is 1. The maximum absolute atomic E-state index is 12.9. The van der Waals surface area contributed by atoms with Gasteiger partial charge in [-0.25, -0.2) is 0 Å². The van der Waals surface area contributed by atoms with Crippen molar-refractivity contribution in [3.05, 3.63) is 89.2 Å². The molecule has 0 saturated carbocycles. The molecule has 154 valence electrons. The first-order valence-corrected chi connectivity index (χ1v) is 9.75. The molecule has 0 atom stereocenters. The molecule has 1 heterocycles. The van der Waals surface area contributed by atoms with Crippen LogP contribution >= 0.6 is 11.6 Å². The van der Waals surface area contributed by atoms with Crippen molar-refractivity contribution in [3.8, 4) is 5.75 Å². The molecule has 0 bridgehead atoms. The first-order chi connectivity index (χ1) is 14.3. The van der Waals surface area contributed by atoms with Gasteiger partial charge in [-0.05, 0) is 61.9 Å². The minimum atomic E-state index is -1.17. The molecular weight excluding hydrogens is 402 g/mol. The zero-order valence-electron chi connectivity index (χ0n) is 16.7. The number of nitrogens with one attached hydrogen (secondary N) is 2. The van der Waals surface area contributed by atoms with Crippen molar-refractivity contribution in [1.82, 2.24) is 10.3 Å². The molecule has 2 aromatic carbocycles. The van der Waals surface area contributed by atoms with E-state index in [-0.39, 0.29) is 11.8 Å². The Morgan fingerprint density at radius 1 is 1.03 bits per heavy atom. The Morgan fingerprint density at radius 3 is 2.47 bits per heavy atom. The number of benzene rings is 2. The molecule has 2 amide bonds. The Hall–Kier alpha value is -3.38. The molecule has 0 spiro atoms. The highest BCUT2D eigenvalue weighted by Gasteiger charge is 2.31. The van der Waals surface area contributed by atoms with E-state index in [1.165, 1.54) is 0 Å². The molecule has 3 aromatic rings. The molecule has 0 radical (unpaired) electrons. The van der Waals surface area contributed by atoms with E-state index in [1.807, 2.05) is 6.07 Å². The quantitative estimate of drug-likeness (QED) is 0.587. The van der Waals surface area contributed by atoms with Crippen molar-refractivity contribution in [2.45, 2.75) is 26.0 Å². The number of nitrogens with zero attached hydrogens (tertiary/aromatic N) is 1. The topological polar surface area (TPSA) is 80.3 Å². The number of halogens is 1. The van der Waals surface area contributed by atoms with Crippen LogP contribution in [0.1, 0.15) is 29.8 Å². The number of hydrogen-bond acceptors (Lipinski definition) is 4. The Balaban J connectivity index is 1.69. The fraction of sp³-hybridized carbons (Fsp3) is 0.174. The highest BCUT2D eigenvalue weighted by atomic mass is 35.5. The summed E-state index contributed by atoms with van der Waals surface area (Å²) in [6.07, 6.45) is 3.36. The van der Waals surface area contributed by atoms with E-state index in [9.17, 15) is 9.59 Å². The second-order valence-electron chi connectivity index (χ2n) is 7.11. The van der Waals surface area contributed by atoms with Crippen molar-refractivity contribution < 1.29 is 14.3 Å². The smallest absolute Gasteiger partial charge is 0.267 e. The third-order valence-electron chi connectivity index (χ3n) is 4.33. The van der Waals surface area contributed by atoms with Crippen LogP contribution in [-0.2, 0) is 11.3 Å². The summed E-state index contributed by atoms with van der Waals surface area (Å²) in [5.41, 5.74) is 0.466. The second kappa shape index (κ2) is 9.41. The highest BCUT2D eigenvalue weighted by molar-refractivity contribution is 6.30. The van der Waals surface area contributed by atoms with Gasteiger partial charge in [0.2, 0.25) is 0 Å². The van der Waals surface area contributed by atoms with E-state index < -0.39 is 5.60 Å². The van der Waals surface area contributed by atoms with Gasteiger partial charge in [0.1, 0.15) is 5.75 Å². The summed E-state index contributed by atoms with van der Waals surface area (Å²) in [5, 5.41) is 6.22. The monoisotopic (exact) mass is 423 g/mol. The van der Waals surface area contributed by atoms with E-state index in [0.717, 1.165) is 5.56 Å². The van der Waals surface area contributed by atoms with Gasteiger partial charge in [0.25, 0.3) is 11.8 Å². The fourth-order valence-electron chi connectivity index (χ4n) is 2.69. The van der Waals surface area contributed by atoms with Crippen LogP contribution in [0.4, 0.5) is 5.69 Å². The largest absolute Gasteiger partial charge is 0.478 e. The third kappa shape index (κ3) is 5.58. The van der Waals surface area contributed by atoms with E-state index in [2.05, 4.69) is 15.6 Å². The lowest BCUT2D eigenvalue weighted by molar-refractivity contribution is -0.128. The van der Waals surface area contributed by atoms with Crippen molar-refractivity contribution in [1.29, 1.82) is 0 Å². The molecule has 0 unspecified atom stereocenters. The fourth-order valence-corrected chi connectivity index (χ4v) is 2.81. The lowest BCUT2D eigenvalue weighted by atomic mass is 10.1. The first-order valence-electron chi connectivity index (χ1n) is 9.37. The van der Waals surface area contributed by atoms with E-state index in [0.29, 0.717) is 28.6 Å². The number of para-hydroxylation sites is 1. The van der Waals surface area contributed by atoms with Gasteiger partial charge in [0.15, 0.2) is 5.60 Å². The van der Waals surface area contributed by atoms with Gasteiger partial charge in [-0.1, -0.05) is 29.8 Å². The Morgan fingerprint density at radius 2 is 1.77 bits per heavy atom. The summed E-state index contributed by atoms with van der Waals surface area (Å²) in [7, 11) is 0. The zero-order chi connectivity index (χ0) is 21.6. The maximum atomic E-state index is 12.9. The number of aromatic nitrogens is 1. The van der Waals surface area contributed by atoms with Crippen LogP contribution in [0.25, 0.3) is 0 Å². The van der Waals surface area contributed by atoms with Gasteiger partial charge >= 0.3 is 0 Å². The van der Waals surface area contributed by atoms with Gasteiger partial charge in [-0.2, -0.15) is 0 Å². The predicted octanol–water partition coefficient (Wildman–Crippen LogP) is 4.46.